The predicted molar refractivity (Wildman–Crippen MR) is 101 cm³/mol. The van der Waals surface area contributed by atoms with E-state index in [1.54, 1.807) is 12.1 Å². The highest BCUT2D eigenvalue weighted by Gasteiger charge is 2.30. The third-order valence-corrected chi connectivity index (χ3v) is 4.49. The molecule has 1 heterocycles. The second-order valence-electron chi connectivity index (χ2n) is 6.59. The van der Waals surface area contributed by atoms with Gasteiger partial charge in [0.1, 0.15) is 5.75 Å². The summed E-state index contributed by atoms with van der Waals surface area (Å²) in [7, 11) is 0. The maximum Gasteiger partial charge on any atom is 0.573 e. The Balaban J connectivity index is 1.57. The Morgan fingerprint density at radius 1 is 0.929 bits per heavy atom. The minimum Gasteiger partial charge on any atom is -0.406 e. The second-order valence-corrected chi connectivity index (χ2v) is 6.59. The number of hydrogen-bond acceptors (Lipinski definition) is 3. The average Bonchev–Trinajstić information content (AvgIpc) is 2.90. The molecular weight excluding hydrogens is 367 g/mol. The van der Waals surface area contributed by atoms with Gasteiger partial charge in [0, 0.05) is 24.3 Å². The molecule has 7 heteroatoms. The van der Waals surface area contributed by atoms with E-state index in [2.05, 4.69) is 27.3 Å². The Bertz CT molecular complexity index is 903. The van der Waals surface area contributed by atoms with Crippen molar-refractivity contribution in [2.45, 2.75) is 39.8 Å². The number of aromatic nitrogens is 2. The van der Waals surface area contributed by atoms with Crippen molar-refractivity contribution in [2.75, 3.05) is 0 Å². The predicted octanol–water partition coefficient (Wildman–Crippen LogP) is 4.74. The molecule has 0 radical (unpaired) electrons. The summed E-state index contributed by atoms with van der Waals surface area (Å²) < 4.78 is 42.5. The smallest absolute Gasteiger partial charge is 0.406 e. The number of rotatable bonds is 7. The summed E-state index contributed by atoms with van der Waals surface area (Å²) in [6, 6.07) is 16.0. The van der Waals surface area contributed by atoms with E-state index in [4.69, 9.17) is 0 Å². The maximum absolute atomic E-state index is 12.2. The van der Waals surface area contributed by atoms with Gasteiger partial charge in [-0.15, -0.1) is 13.2 Å². The van der Waals surface area contributed by atoms with Crippen molar-refractivity contribution in [2.24, 2.45) is 0 Å². The molecule has 0 aliphatic carbocycles. The maximum atomic E-state index is 12.2. The molecule has 148 valence electrons. The van der Waals surface area contributed by atoms with Crippen LogP contribution in [-0.2, 0) is 19.6 Å². The van der Waals surface area contributed by atoms with Crippen LogP contribution in [0.5, 0.6) is 5.75 Å². The van der Waals surface area contributed by atoms with Crippen molar-refractivity contribution in [1.29, 1.82) is 0 Å². The molecule has 0 atom stereocenters. The molecule has 28 heavy (non-hydrogen) atoms. The van der Waals surface area contributed by atoms with E-state index in [0.717, 1.165) is 22.5 Å². The van der Waals surface area contributed by atoms with Crippen LogP contribution in [0, 0.1) is 13.8 Å². The van der Waals surface area contributed by atoms with Crippen molar-refractivity contribution in [1.82, 2.24) is 15.1 Å². The third-order valence-electron chi connectivity index (χ3n) is 4.49. The first-order valence-electron chi connectivity index (χ1n) is 8.94. The molecule has 2 aromatic carbocycles. The monoisotopic (exact) mass is 389 g/mol. The zero-order valence-electron chi connectivity index (χ0n) is 15.8. The molecule has 0 aliphatic heterocycles. The molecular formula is C21H22F3N3O. The lowest BCUT2D eigenvalue weighted by Gasteiger charge is -2.10. The minimum atomic E-state index is -4.67. The lowest BCUT2D eigenvalue weighted by atomic mass is 10.1. The molecule has 1 N–H and O–H groups in total. The van der Waals surface area contributed by atoms with E-state index in [-0.39, 0.29) is 5.75 Å². The van der Waals surface area contributed by atoms with Crippen LogP contribution in [0.4, 0.5) is 13.2 Å². The average molecular weight is 389 g/mol. The van der Waals surface area contributed by atoms with E-state index < -0.39 is 6.36 Å². The van der Waals surface area contributed by atoms with E-state index in [9.17, 15) is 13.2 Å². The molecule has 3 aromatic rings. The highest BCUT2D eigenvalue weighted by molar-refractivity contribution is 5.28. The molecule has 0 spiro atoms. The van der Waals surface area contributed by atoms with Crippen LogP contribution in [0.2, 0.25) is 0 Å². The number of nitrogens with zero attached hydrogens (tertiary/aromatic N) is 2. The summed E-state index contributed by atoms with van der Waals surface area (Å²) in [4.78, 5) is 0. The van der Waals surface area contributed by atoms with Crippen LogP contribution in [0.1, 0.15) is 28.1 Å². The summed E-state index contributed by atoms with van der Waals surface area (Å²) in [6.45, 7) is 5.91. The lowest BCUT2D eigenvalue weighted by Crippen LogP contribution is -2.17. The van der Waals surface area contributed by atoms with Gasteiger partial charge in [-0.05, 0) is 37.1 Å². The number of benzene rings is 2. The standard InChI is InChI=1S/C21H22F3N3O/c1-15-20(16(2)27(26-15)14-18-6-4-3-5-7-18)13-25-12-17-8-10-19(11-9-17)28-21(22,23)24/h3-11,25H,12-14H2,1-2H3. The highest BCUT2D eigenvalue weighted by Crippen LogP contribution is 2.22. The summed E-state index contributed by atoms with van der Waals surface area (Å²) in [6.07, 6.45) is -4.67. The molecule has 4 nitrogen and oxygen atoms in total. The van der Waals surface area contributed by atoms with Gasteiger partial charge in [-0.3, -0.25) is 4.68 Å². The van der Waals surface area contributed by atoms with E-state index in [0.29, 0.717) is 19.6 Å². The molecule has 1 aromatic heterocycles. The Hall–Kier alpha value is -2.80. The van der Waals surface area contributed by atoms with Gasteiger partial charge >= 0.3 is 6.36 Å². The first kappa shape index (κ1) is 19.9. The number of halogens is 3. The number of hydrogen-bond donors (Lipinski definition) is 1. The first-order valence-corrected chi connectivity index (χ1v) is 8.94. The van der Waals surface area contributed by atoms with E-state index >= 15 is 0 Å². The van der Waals surface area contributed by atoms with E-state index in [1.165, 1.54) is 17.7 Å². The lowest BCUT2D eigenvalue weighted by molar-refractivity contribution is -0.274. The van der Waals surface area contributed by atoms with Gasteiger partial charge in [0.2, 0.25) is 0 Å². The number of alkyl halides is 3. The molecule has 0 saturated carbocycles. The fourth-order valence-corrected chi connectivity index (χ4v) is 3.04. The summed E-state index contributed by atoms with van der Waals surface area (Å²) in [5.41, 5.74) is 5.26. The normalized spacial score (nSPS) is 11.6. The van der Waals surface area contributed by atoms with Gasteiger partial charge in [-0.2, -0.15) is 5.10 Å². The van der Waals surface area contributed by atoms with Crippen molar-refractivity contribution in [3.05, 3.63) is 82.7 Å². The van der Waals surface area contributed by atoms with Crippen molar-refractivity contribution in [3.8, 4) is 5.75 Å². The highest BCUT2D eigenvalue weighted by atomic mass is 19.4. The zero-order chi connectivity index (χ0) is 20.1. The summed E-state index contributed by atoms with van der Waals surface area (Å²) in [5.74, 6) is -0.217. The fraction of sp³-hybridized carbons (Fsp3) is 0.286. The summed E-state index contributed by atoms with van der Waals surface area (Å²) in [5, 5.41) is 7.96. The summed E-state index contributed by atoms with van der Waals surface area (Å²) >= 11 is 0. The largest absolute Gasteiger partial charge is 0.573 e. The zero-order valence-corrected chi connectivity index (χ0v) is 15.8. The Labute approximate surface area is 162 Å². The quantitative estimate of drug-likeness (QED) is 0.635. The first-order chi connectivity index (χ1) is 13.3. The fourth-order valence-electron chi connectivity index (χ4n) is 3.04. The van der Waals surface area contributed by atoms with Crippen LogP contribution < -0.4 is 10.1 Å². The molecule has 0 unspecified atom stereocenters. The molecule has 3 rings (SSSR count). The molecule has 0 amide bonds. The van der Waals surface area contributed by atoms with Crippen LogP contribution in [0.25, 0.3) is 0 Å². The van der Waals surface area contributed by atoms with Gasteiger partial charge < -0.3 is 10.1 Å². The Morgan fingerprint density at radius 2 is 1.61 bits per heavy atom. The molecule has 0 bridgehead atoms. The number of nitrogens with one attached hydrogen (secondary N) is 1. The topological polar surface area (TPSA) is 39.1 Å². The molecule has 0 aliphatic rings. The second kappa shape index (κ2) is 8.48. The Morgan fingerprint density at radius 3 is 2.25 bits per heavy atom. The van der Waals surface area contributed by atoms with Gasteiger partial charge in [0.25, 0.3) is 0 Å². The van der Waals surface area contributed by atoms with Crippen LogP contribution in [0.15, 0.2) is 54.6 Å². The van der Waals surface area contributed by atoms with Crippen LogP contribution in [0.3, 0.4) is 0 Å². The van der Waals surface area contributed by atoms with Gasteiger partial charge in [-0.25, -0.2) is 0 Å². The molecule has 0 saturated heterocycles. The van der Waals surface area contributed by atoms with Gasteiger partial charge in [0.15, 0.2) is 0 Å². The van der Waals surface area contributed by atoms with Gasteiger partial charge in [0.05, 0.1) is 12.2 Å². The number of ether oxygens (including phenoxy) is 1. The van der Waals surface area contributed by atoms with E-state index in [1.807, 2.05) is 36.7 Å². The Kier molecular flexibility index (Phi) is 6.04. The van der Waals surface area contributed by atoms with Crippen LogP contribution in [-0.4, -0.2) is 16.1 Å². The minimum absolute atomic E-state index is 0.217. The van der Waals surface area contributed by atoms with Crippen molar-refractivity contribution < 1.29 is 17.9 Å². The number of aryl methyl sites for hydroxylation is 1. The SMILES string of the molecule is Cc1nn(Cc2ccccc2)c(C)c1CNCc1ccc(OC(F)(F)F)cc1. The molecule has 0 fully saturated rings. The van der Waals surface area contributed by atoms with Crippen molar-refractivity contribution in [3.63, 3.8) is 0 Å². The van der Waals surface area contributed by atoms with Crippen LogP contribution >= 0.6 is 0 Å². The van der Waals surface area contributed by atoms with Gasteiger partial charge in [-0.1, -0.05) is 42.5 Å². The van der Waals surface area contributed by atoms with Crippen molar-refractivity contribution >= 4 is 0 Å². The third kappa shape index (κ3) is 5.36.